The lowest BCUT2D eigenvalue weighted by atomic mass is 9.74. The summed E-state index contributed by atoms with van der Waals surface area (Å²) in [6, 6.07) is 1.93. The fourth-order valence-corrected chi connectivity index (χ4v) is 5.08. The zero-order chi connectivity index (χ0) is 13.2. The largest absolute Gasteiger partial charge is 0.230 e. The van der Waals surface area contributed by atoms with Crippen molar-refractivity contribution in [2.24, 2.45) is 5.41 Å². The van der Waals surface area contributed by atoms with E-state index in [1.807, 2.05) is 6.07 Å². The van der Waals surface area contributed by atoms with Crippen molar-refractivity contribution in [2.45, 2.75) is 57.1 Å². The van der Waals surface area contributed by atoms with Crippen molar-refractivity contribution >= 4 is 10.0 Å². The van der Waals surface area contributed by atoms with Gasteiger partial charge in [0.1, 0.15) is 0 Å². The fourth-order valence-electron chi connectivity index (χ4n) is 3.37. The van der Waals surface area contributed by atoms with E-state index in [9.17, 15) is 8.42 Å². The second-order valence-electron chi connectivity index (χ2n) is 5.72. The second-order valence-corrected chi connectivity index (χ2v) is 7.83. The number of nitrogens with zero attached hydrogens (tertiary/aromatic N) is 2. The van der Waals surface area contributed by atoms with Gasteiger partial charge in [-0.1, -0.05) is 26.2 Å². The molecule has 2 aliphatic rings. The highest BCUT2D eigenvalue weighted by Gasteiger charge is 2.44. The summed E-state index contributed by atoms with van der Waals surface area (Å²) in [4.78, 5) is 0. The maximum Gasteiger partial charge on any atom is 0.230 e. The number of rotatable bonds is 3. The van der Waals surface area contributed by atoms with Crippen molar-refractivity contribution in [2.75, 3.05) is 13.1 Å². The van der Waals surface area contributed by atoms with Crippen molar-refractivity contribution < 1.29 is 8.42 Å². The molecule has 5 heteroatoms. The van der Waals surface area contributed by atoms with Crippen LogP contribution in [0.2, 0.25) is 0 Å². The standard InChI is InChI=1S/C13H22N2O2S/c1-2-12(10-14)18(16,17)15-9-8-13(11-15)6-4-3-5-7-13/h12H,2-9,11H2,1H3. The Kier molecular flexibility index (Phi) is 3.98. The molecule has 0 aromatic rings. The molecule has 4 nitrogen and oxygen atoms in total. The van der Waals surface area contributed by atoms with Crippen molar-refractivity contribution in [1.82, 2.24) is 4.31 Å². The van der Waals surface area contributed by atoms with Gasteiger partial charge in [-0.15, -0.1) is 0 Å². The number of nitriles is 1. The molecule has 1 spiro atoms. The van der Waals surface area contributed by atoms with Crippen LogP contribution in [0.5, 0.6) is 0 Å². The first-order valence-electron chi connectivity index (χ1n) is 6.93. The van der Waals surface area contributed by atoms with Crippen LogP contribution in [0.1, 0.15) is 51.9 Å². The van der Waals surface area contributed by atoms with E-state index < -0.39 is 15.3 Å². The lowest BCUT2D eigenvalue weighted by Gasteiger charge is -2.33. The minimum atomic E-state index is -3.40. The average molecular weight is 270 g/mol. The quantitative estimate of drug-likeness (QED) is 0.790. The van der Waals surface area contributed by atoms with Crippen LogP contribution < -0.4 is 0 Å². The van der Waals surface area contributed by atoms with E-state index >= 15 is 0 Å². The lowest BCUT2D eigenvalue weighted by Crippen LogP contribution is -2.38. The zero-order valence-corrected chi connectivity index (χ0v) is 11.9. The molecule has 1 saturated heterocycles. The summed E-state index contributed by atoms with van der Waals surface area (Å²) in [5, 5.41) is 8.10. The second kappa shape index (κ2) is 5.18. The highest BCUT2D eigenvalue weighted by Crippen LogP contribution is 2.44. The van der Waals surface area contributed by atoms with E-state index in [0.29, 0.717) is 19.5 Å². The minimum Gasteiger partial charge on any atom is -0.211 e. The number of hydrogen-bond acceptors (Lipinski definition) is 3. The van der Waals surface area contributed by atoms with Gasteiger partial charge in [-0.3, -0.25) is 0 Å². The van der Waals surface area contributed by atoms with E-state index in [-0.39, 0.29) is 5.41 Å². The van der Waals surface area contributed by atoms with Gasteiger partial charge in [-0.05, 0) is 31.1 Å². The van der Waals surface area contributed by atoms with Gasteiger partial charge in [0, 0.05) is 13.1 Å². The first-order valence-corrected chi connectivity index (χ1v) is 8.43. The van der Waals surface area contributed by atoms with Crippen LogP contribution in [0.3, 0.4) is 0 Å². The van der Waals surface area contributed by atoms with Crippen LogP contribution in [-0.4, -0.2) is 31.1 Å². The third-order valence-electron chi connectivity index (χ3n) is 4.55. The van der Waals surface area contributed by atoms with E-state index in [0.717, 1.165) is 19.3 Å². The third kappa shape index (κ3) is 2.41. The molecule has 0 bridgehead atoms. The molecule has 0 aromatic carbocycles. The molecule has 0 N–H and O–H groups in total. The summed E-state index contributed by atoms with van der Waals surface area (Å²) in [6.07, 6.45) is 7.40. The van der Waals surface area contributed by atoms with E-state index in [4.69, 9.17) is 5.26 Å². The highest BCUT2D eigenvalue weighted by molar-refractivity contribution is 7.90. The van der Waals surface area contributed by atoms with Gasteiger partial charge in [0.05, 0.1) is 6.07 Å². The molecule has 1 unspecified atom stereocenters. The number of sulfonamides is 1. The SMILES string of the molecule is CCC(C#N)S(=O)(=O)N1CCC2(CCCCC2)C1. The van der Waals surface area contributed by atoms with Crippen LogP contribution in [0.4, 0.5) is 0 Å². The average Bonchev–Trinajstić information content (AvgIpc) is 2.76. The van der Waals surface area contributed by atoms with Crippen LogP contribution in [-0.2, 0) is 10.0 Å². The predicted molar refractivity (Wildman–Crippen MR) is 70.3 cm³/mol. The molecule has 1 aliphatic carbocycles. The molecular weight excluding hydrogens is 248 g/mol. The molecule has 0 aromatic heterocycles. The summed E-state index contributed by atoms with van der Waals surface area (Å²) >= 11 is 0. The molecule has 1 aliphatic heterocycles. The maximum atomic E-state index is 12.3. The van der Waals surface area contributed by atoms with E-state index in [2.05, 4.69) is 0 Å². The molecular formula is C13H22N2O2S. The van der Waals surface area contributed by atoms with Crippen LogP contribution in [0.25, 0.3) is 0 Å². The minimum absolute atomic E-state index is 0.221. The van der Waals surface area contributed by atoms with Crippen LogP contribution in [0.15, 0.2) is 0 Å². The summed E-state index contributed by atoms with van der Waals surface area (Å²) < 4.78 is 26.2. The molecule has 18 heavy (non-hydrogen) atoms. The summed E-state index contributed by atoms with van der Waals surface area (Å²) in [5.74, 6) is 0. The Labute approximate surface area is 110 Å². The summed E-state index contributed by atoms with van der Waals surface area (Å²) in [6.45, 7) is 3.02. The highest BCUT2D eigenvalue weighted by atomic mass is 32.2. The van der Waals surface area contributed by atoms with Crippen molar-refractivity contribution in [3.05, 3.63) is 0 Å². The number of hydrogen-bond donors (Lipinski definition) is 0. The molecule has 0 amide bonds. The van der Waals surface area contributed by atoms with E-state index in [1.165, 1.54) is 19.3 Å². The van der Waals surface area contributed by atoms with Crippen LogP contribution >= 0.6 is 0 Å². The first kappa shape index (κ1) is 13.8. The Morgan fingerprint density at radius 1 is 1.28 bits per heavy atom. The van der Waals surface area contributed by atoms with Gasteiger partial charge in [-0.2, -0.15) is 5.26 Å². The normalized spacial score (nSPS) is 26.0. The lowest BCUT2D eigenvalue weighted by molar-refractivity contribution is 0.205. The Hall–Kier alpha value is -0.600. The van der Waals surface area contributed by atoms with Crippen molar-refractivity contribution in [3.63, 3.8) is 0 Å². The third-order valence-corrected chi connectivity index (χ3v) is 6.74. The molecule has 2 fully saturated rings. The maximum absolute atomic E-state index is 12.3. The summed E-state index contributed by atoms with van der Waals surface area (Å²) in [5.41, 5.74) is 0.221. The van der Waals surface area contributed by atoms with Gasteiger partial charge in [0.25, 0.3) is 0 Å². The Morgan fingerprint density at radius 3 is 2.50 bits per heavy atom. The molecule has 1 heterocycles. The molecule has 1 atom stereocenters. The van der Waals surface area contributed by atoms with Gasteiger partial charge >= 0.3 is 0 Å². The van der Waals surface area contributed by atoms with Crippen molar-refractivity contribution in [1.29, 1.82) is 5.26 Å². The van der Waals surface area contributed by atoms with Gasteiger partial charge in [0.2, 0.25) is 10.0 Å². The van der Waals surface area contributed by atoms with Gasteiger partial charge in [-0.25, -0.2) is 12.7 Å². The van der Waals surface area contributed by atoms with Gasteiger partial charge < -0.3 is 0 Å². The first-order chi connectivity index (χ1) is 8.54. The molecule has 102 valence electrons. The Morgan fingerprint density at radius 2 is 1.94 bits per heavy atom. The predicted octanol–water partition coefficient (Wildman–Crippen LogP) is 2.27. The Bertz CT molecular complexity index is 432. The topological polar surface area (TPSA) is 61.2 Å². The van der Waals surface area contributed by atoms with Crippen molar-refractivity contribution in [3.8, 4) is 6.07 Å². The van der Waals surface area contributed by atoms with Crippen LogP contribution in [0, 0.1) is 16.7 Å². The Balaban J connectivity index is 2.11. The van der Waals surface area contributed by atoms with Gasteiger partial charge in [0.15, 0.2) is 5.25 Å². The molecule has 1 saturated carbocycles. The smallest absolute Gasteiger partial charge is 0.211 e. The molecule has 2 rings (SSSR count). The zero-order valence-electron chi connectivity index (χ0n) is 11.1. The monoisotopic (exact) mass is 270 g/mol. The fraction of sp³-hybridized carbons (Fsp3) is 0.923. The van der Waals surface area contributed by atoms with E-state index in [1.54, 1.807) is 11.2 Å². The molecule has 0 radical (unpaired) electrons. The summed E-state index contributed by atoms with van der Waals surface area (Å²) in [7, 11) is -3.40.